The van der Waals surface area contributed by atoms with Crippen LogP contribution in [0.3, 0.4) is 0 Å². The summed E-state index contributed by atoms with van der Waals surface area (Å²) in [5, 5.41) is 15.3. The van der Waals surface area contributed by atoms with Crippen LogP contribution in [0.15, 0.2) is 47.5 Å². The Morgan fingerprint density at radius 2 is 2.06 bits per heavy atom. The van der Waals surface area contributed by atoms with Crippen LogP contribution < -0.4 is 21.3 Å². The molecule has 10 heteroatoms. The van der Waals surface area contributed by atoms with Crippen molar-refractivity contribution in [2.45, 2.75) is 12.0 Å². The third kappa shape index (κ3) is 3.21. The molecule has 1 aliphatic heterocycles. The number of halogens is 1. The number of nitrogens with zero attached hydrogens (tertiary/aromatic N) is 4. The Hall–Kier alpha value is -3.79. The van der Waals surface area contributed by atoms with Gasteiger partial charge in [-0.2, -0.15) is 10.2 Å². The van der Waals surface area contributed by atoms with E-state index in [4.69, 9.17) is 10.5 Å². The summed E-state index contributed by atoms with van der Waals surface area (Å²) < 4.78 is 21.5. The van der Waals surface area contributed by atoms with Gasteiger partial charge in [0, 0.05) is 24.7 Å². The number of nitrogens with one attached hydrogen (secondary N) is 2. The summed E-state index contributed by atoms with van der Waals surface area (Å²) in [5.41, 5.74) is 7.09. The Morgan fingerprint density at radius 3 is 2.77 bits per heavy atom. The first-order chi connectivity index (χ1) is 15.1. The second kappa shape index (κ2) is 7.47. The van der Waals surface area contributed by atoms with Crippen LogP contribution in [0.1, 0.15) is 29.0 Å². The maximum absolute atomic E-state index is 14.3. The highest BCUT2D eigenvalue weighted by atomic mass is 19.1. The molecule has 3 heterocycles. The van der Waals surface area contributed by atoms with E-state index in [9.17, 15) is 9.18 Å². The molecule has 2 atom stereocenters. The summed E-state index contributed by atoms with van der Waals surface area (Å²) in [7, 11) is 1.80. The first-order valence-electron chi connectivity index (χ1n) is 9.82. The molecule has 0 spiro atoms. The molecule has 2 aromatic heterocycles. The molecule has 4 N–H and O–H groups in total. The number of aryl methyl sites for hydroxylation is 1. The molecule has 0 saturated heterocycles. The molecule has 1 aliphatic rings. The molecule has 0 bridgehead atoms. The van der Waals surface area contributed by atoms with Gasteiger partial charge >= 0.3 is 0 Å². The van der Waals surface area contributed by atoms with Gasteiger partial charge in [-0.05, 0) is 29.8 Å². The number of nitrogens with two attached hydrogens (primary N) is 1. The normalized spacial score (nSPS) is 17.5. The molecule has 0 fully saturated rings. The molecule has 4 aromatic rings. The number of anilines is 1. The topological polar surface area (TPSA) is 124 Å². The van der Waals surface area contributed by atoms with Crippen LogP contribution in [0.5, 0.6) is 5.75 Å². The summed E-state index contributed by atoms with van der Waals surface area (Å²) in [6.07, 6.45) is 1.47. The van der Waals surface area contributed by atoms with E-state index in [1.165, 1.54) is 18.5 Å². The average molecular weight is 421 g/mol. The lowest BCUT2D eigenvalue weighted by Crippen LogP contribution is -2.30. The molecule has 9 nitrogen and oxygen atoms in total. The summed E-state index contributed by atoms with van der Waals surface area (Å²) in [6.45, 7) is 0.852. The molecular weight excluding hydrogens is 401 g/mol. The van der Waals surface area contributed by atoms with Crippen molar-refractivity contribution in [3.8, 4) is 5.75 Å². The highest BCUT2D eigenvalue weighted by Gasteiger charge is 2.37. The second-order valence-corrected chi connectivity index (χ2v) is 7.36. The van der Waals surface area contributed by atoms with Gasteiger partial charge in [0.05, 0.1) is 23.0 Å². The van der Waals surface area contributed by atoms with Gasteiger partial charge in [0.2, 0.25) is 0 Å². The van der Waals surface area contributed by atoms with Crippen molar-refractivity contribution in [2.75, 3.05) is 18.5 Å². The van der Waals surface area contributed by atoms with Gasteiger partial charge in [0.25, 0.3) is 5.56 Å². The standard InChI is InChI=1S/C21H20FN7O2/c1-29-20(24-10-25-29)17-18(11-2-4-13(5-3-11)31-7-6-23)26-15-9-12(22)8-14-16(15)19(17)27-28-21(14)30/h2-5,8-10,17-18,26H,6-7,23H2,1H3,(H,28,30)/t17-,18-/m0/s1. The van der Waals surface area contributed by atoms with Crippen LogP contribution in [0.4, 0.5) is 10.1 Å². The van der Waals surface area contributed by atoms with Gasteiger partial charge < -0.3 is 15.8 Å². The lowest BCUT2D eigenvalue weighted by atomic mass is 9.83. The molecule has 0 radical (unpaired) electrons. The van der Waals surface area contributed by atoms with Gasteiger partial charge in [-0.15, -0.1) is 0 Å². The lowest BCUT2D eigenvalue weighted by molar-refractivity contribution is 0.328. The van der Waals surface area contributed by atoms with Crippen molar-refractivity contribution in [2.24, 2.45) is 12.8 Å². The molecule has 0 amide bonds. The number of aromatic nitrogens is 5. The minimum absolute atomic E-state index is 0.239. The van der Waals surface area contributed by atoms with Crippen LogP contribution >= 0.6 is 0 Å². The van der Waals surface area contributed by atoms with Gasteiger partial charge in [-0.25, -0.2) is 14.5 Å². The Morgan fingerprint density at radius 1 is 1.26 bits per heavy atom. The van der Waals surface area contributed by atoms with Crippen LogP contribution in [0, 0.1) is 5.82 Å². The van der Waals surface area contributed by atoms with E-state index in [-0.39, 0.29) is 17.3 Å². The predicted octanol–water partition coefficient (Wildman–Crippen LogP) is 1.83. The summed E-state index contributed by atoms with van der Waals surface area (Å²) >= 11 is 0. The Labute approximate surface area is 176 Å². The molecule has 5 rings (SSSR count). The van der Waals surface area contributed by atoms with Crippen molar-refractivity contribution in [1.82, 2.24) is 25.0 Å². The van der Waals surface area contributed by atoms with Crippen molar-refractivity contribution >= 4 is 16.5 Å². The smallest absolute Gasteiger partial charge is 0.272 e. The summed E-state index contributed by atoms with van der Waals surface area (Å²) in [5.74, 6) is 0.493. The molecule has 0 saturated carbocycles. The summed E-state index contributed by atoms with van der Waals surface area (Å²) in [4.78, 5) is 16.8. The van der Waals surface area contributed by atoms with Crippen LogP contribution in [-0.2, 0) is 7.05 Å². The average Bonchev–Trinajstić information content (AvgIpc) is 3.19. The molecule has 158 valence electrons. The largest absolute Gasteiger partial charge is 0.492 e. The van der Waals surface area contributed by atoms with E-state index in [0.717, 1.165) is 5.56 Å². The number of rotatable bonds is 5. The maximum atomic E-state index is 14.3. The number of ether oxygens (including phenoxy) is 1. The third-order valence-corrected chi connectivity index (χ3v) is 5.47. The third-order valence-electron chi connectivity index (χ3n) is 5.47. The lowest BCUT2D eigenvalue weighted by Gasteiger charge is -2.33. The SMILES string of the molecule is Cn1ncnc1[C@@H]1c2n[nH]c(=O)c3cc(F)cc(c23)N[C@H]1c1ccc(OCCN)cc1. The van der Waals surface area contributed by atoms with E-state index < -0.39 is 11.4 Å². The fourth-order valence-corrected chi connectivity index (χ4v) is 4.12. The number of hydrogen-bond acceptors (Lipinski definition) is 7. The number of hydrogen-bond donors (Lipinski definition) is 3. The fraction of sp³-hybridized carbons (Fsp3) is 0.238. The van der Waals surface area contributed by atoms with Crippen LogP contribution in [0.2, 0.25) is 0 Å². The molecular formula is C21H20FN7O2. The Bertz CT molecular complexity index is 1320. The van der Waals surface area contributed by atoms with E-state index in [1.54, 1.807) is 11.7 Å². The first kappa shape index (κ1) is 19.2. The van der Waals surface area contributed by atoms with Gasteiger partial charge in [0.15, 0.2) is 0 Å². The minimum Gasteiger partial charge on any atom is -0.492 e. The van der Waals surface area contributed by atoms with E-state index in [0.29, 0.717) is 41.5 Å². The van der Waals surface area contributed by atoms with E-state index >= 15 is 0 Å². The van der Waals surface area contributed by atoms with Gasteiger partial charge in [0.1, 0.15) is 30.3 Å². The molecule has 0 aliphatic carbocycles. The monoisotopic (exact) mass is 421 g/mol. The molecule has 2 aromatic carbocycles. The summed E-state index contributed by atoms with van der Waals surface area (Å²) in [6, 6.07) is 9.85. The van der Waals surface area contributed by atoms with Crippen molar-refractivity contribution < 1.29 is 9.13 Å². The van der Waals surface area contributed by atoms with Crippen molar-refractivity contribution in [3.05, 3.63) is 76.0 Å². The van der Waals surface area contributed by atoms with Crippen molar-refractivity contribution in [3.63, 3.8) is 0 Å². The highest BCUT2D eigenvalue weighted by molar-refractivity contribution is 5.97. The van der Waals surface area contributed by atoms with Gasteiger partial charge in [-0.3, -0.25) is 9.48 Å². The number of H-pyrrole nitrogens is 1. The zero-order valence-corrected chi connectivity index (χ0v) is 16.7. The zero-order valence-electron chi connectivity index (χ0n) is 16.7. The first-order valence-corrected chi connectivity index (χ1v) is 9.82. The highest BCUT2D eigenvalue weighted by Crippen LogP contribution is 2.45. The van der Waals surface area contributed by atoms with E-state index in [2.05, 4.69) is 25.6 Å². The molecule has 0 unspecified atom stereocenters. The Balaban J connectivity index is 1.69. The van der Waals surface area contributed by atoms with E-state index in [1.807, 2.05) is 24.3 Å². The Kier molecular flexibility index (Phi) is 4.63. The number of aromatic amines is 1. The molecule has 31 heavy (non-hydrogen) atoms. The minimum atomic E-state index is -0.501. The maximum Gasteiger partial charge on any atom is 0.272 e. The van der Waals surface area contributed by atoms with Crippen molar-refractivity contribution in [1.29, 1.82) is 0 Å². The zero-order chi connectivity index (χ0) is 21.5. The van der Waals surface area contributed by atoms with Crippen LogP contribution in [0.25, 0.3) is 10.8 Å². The fourth-order valence-electron chi connectivity index (χ4n) is 4.12. The van der Waals surface area contributed by atoms with Crippen LogP contribution in [-0.4, -0.2) is 38.1 Å². The van der Waals surface area contributed by atoms with Gasteiger partial charge in [-0.1, -0.05) is 12.1 Å². The second-order valence-electron chi connectivity index (χ2n) is 7.36. The predicted molar refractivity (Wildman–Crippen MR) is 113 cm³/mol. The number of benzene rings is 2. The quantitative estimate of drug-likeness (QED) is 0.449.